The van der Waals surface area contributed by atoms with E-state index in [9.17, 15) is 8.42 Å². The number of aryl methyl sites for hydroxylation is 2. The minimum absolute atomic E-state index is 0.306. The van der Waals surface area contributed by atoms with Crippen LogP contribution >= 0.6 is 0 Å². The summed E-state index contributed by atoms with van der Waals surface area (Å²) in [5, 5.41) is 7.15. The molecule has 1 spiro atoms. The fourth-order valence-corrected chi connectivity index (χ4v) is 5.92. The summed E-state index contributed by atoms with van der Waals surface area (Å²) in [7, 11) is -1.84. The van der Waals surface area contributed by atoms with Crippen molar-refractivity contribution in [1.82, 2.24) is 14.9 Å². The number of benzene rings is 2. The van der Waals surface area contributed by atoms with Crippen LogP contribution < -0.4 is 15.4 Å². The average molecular weight is 457 g/mol. The number of methoxy groups -OCH3 is 1. The first-order valence-corrected chi connectivity index (χ1v) is 12.5. The van der Waals surface area contributed by atoms with Crippen LogP contribution in [0.1, 0.15) is 29.5 Å². The molecule has 32 heavy (non-hydrogen) atoms. The van der Waals surface area contributed by atoms with Crippen LogP contribution in [0.3, 0.4) is 0 Å². The summed E-state index contributed by atoms with van der Waals surface area (Å²) in [6, 6.07) is 13.3. The Morgan fingerprint density at radius 2 is 1.81 bits per heavy atom. The molecule has 1 fully saturated rings. The molecule has 4 rings (SSSR count). The second kappa shape index (κ2) is 9.21. The molecule has 2 aliphatic heterocycles. The predicted octanol–water partition coefficient (Wildman–Crippen LogP) is 2.63. The summed E-state index contributed by atoms with van der Waals surface area (Å²) in [6.45, 7) is 7.05. The number of nitrogens with one attached hydrogen (secondary N) is 2. The minimum Gasteiger partial charge on any atom is -0.497 e. The Kier molecular flexibility index (Phi) is 6.55. The van der Waals surface area contributed by atoms with Gasteiger partial charge in [-0.2, -0.15) is 4.31 Å². The van der Waals surface area contributed by atoms with Gasteiger partial charge < -0.3 is 15.4 Å². The number of aliphatic imine (C=N–C) groups is 1. The monoisotopic (exact) mass is 456 g/mol. The van der Waals surface area contributed by atoms with Crippen LogP contribution in [-0.4, -0.2) is 57.4 Å². The Balaban J connectivity index is 1.44. The third kappa shape index (κ3) is 4.53. The second-order valence-electron chi connectivity index (χ2n) is 8.59. The van der Waals surface area contributed by atoms with Gasteiger partial charge in [0.15, 0.2) is 0 Å². The van der Waals surface area contributed by atoms with Crippen molar-refractivity contribution in [3.63, 3.8) is 0 Å². The van der Waals surface area contributed by atoms with Gasteiger partial charge in [0.2, 0.25) is 10.0 Å². The Morgan fingerprint density at radius 3 is 2.47 bits per heavy atom. The molecule has 0 amide bonds. The van der Waals surface area contributed by atoms with Crippen LogP contribution in [0, 0.1) is 13.8 Å². The number of sulfonamides is 1. The molecule has 8 heteroatoms. The number of amidine groups is 1. The zero-order chi connectivity index (χ0) is 22.8. The lowest BCUT2D eigenvalue weighted by Gasteiger charge is -2.44. The van der Waals surface area contributed by atoms with E-state index in [0.717, 1.165) is 41.4 Å². The van der Waals surface area contributed by atoms with Gasteiger partial charge in [0, 0.05) is 26.2 Å². The van der Waals surface area contributed by atoms with E-state index in [4.69, 9.17) is 9.73 Å². The zero-order valence-corrected chi connectivity index (χ0v) is 19.8. The zero-order valence-electron chi connectivity index (χ0n) is 19.0. The van der Waals surface area contributed by atoms with Crippen LogP contribution in [0.25, 0.3) is 0 Å². The molecule has 2 heterocycles. The number of nitrogens with zero attached hydrogens (tertiary/aromatic N) is 2. The Bertz CT molecular complexity index is 1090. The van der Waals surface area contributed by atoms with Gasteiger partial charge in [-0.3, -0.25) is 4.99 Å². The molecule has 7 nitrogen and oxygen atoms in total. The number of ether oxygens (including phenoxy) is 1. The standard InChI is InChI=1S/C24H32N4O3S/c1-18-4-9-22(16-19(18)2)32(29,30)28-14-10-24(11-15-28)23(25-12-13-27-24)26-17-20-5-7-21(31-3)8-6-20/h4-9,16,27H,10-15,17H2,1-3H3,(H,25,26). The van der Waals surface area contributed by atoms with Gasteiger partial charge in [-0.25, -0.2) is 8.42 Å². The molecule has 0 bridgehead atoms. The highest BCUT2D eigenvalue weighted by atomic mass is 32.2. The van der Waals surface area contributed by atoms with Gasteiger partial charge in [0.1, 0.15) is 11.6 Å². The van der Waals surface area contributed by atoms with Crippen LogP contribution in [0.15, 0.2) is 52.4 Å². The fourth-order valence-electron chi connectivity index (χ4n) is 4.40. The molecule has 0 aliphatic carbocycles. The molecule has 2 aromatic carbocycles. The van der Waals surface area contributed by atoms with Gasteiger partial charge in [-0.1, -0.05) is 18.2 Å². The first kappa shape index (κ1) is 22.8. The summed E-state index contributed by atoms with van der Waals surface area (Å²) in [5.41, 5.74) is 2.92. The average Bonchev–Trinajstić information content (AvgIpc) is 2.81. The van der Waals surface area contributed by atoms with E-state index in [0.29, 0.717) is 37.4 Å². The Hall–Kier alpha value is -2.42. The molecule has 172 valence electrons. The van der Waals surface area contributed by atoms with E-state index in [-0.39, 0.29) is 5.54 Å². The van der Waals surface area contributed by atoms with Crippen molar-refractivity contribution in [3.8, 4) is 5.75 Å². The summed E-state index contributed by atoms with van der Waals surface area (Å²) < 4.78 is 33.3. The number of rotatable bonds is 5. The Labute approximate surface area is 190 Å². The summed E-state index contributed by atoms with van der Waals surface area (Å²) in [4.78, 5) is 5.15. The van der Waals surface area contributed by atoms with Crippen LogP contribution in [0.4, 0.5) is 0 Å². The molecule has 1 saturated heterocycles. The molecule has 0 saturated carbocycles. The van der Waals surface area contributed by atoms with E-state index in [1.54, 1.807) is 23.5 Å². The van der Waals surface area contributed by atoms with E-state index in [1.165, 1.54) is 0 Å². The highest BCUT2D eigenvalue weighted by Gasteiger charge is 2.43. The number of piperidine rings is 1. The van der Waals surface area contributed by atoms with Gasteiger partial charge in [-0.15, -0.1) is 0 Å². The lowest BCUT2D eigenvalue weighted by molar-refractivity contribution is 0.241. The van der Waals surface area contributed by atoms with Gasteiger partial charge in [0.05, 0.1) is 24.1 Å². The molecular formula is C24H32N4O3S. The molecule has 0 aromatic heterocycles. The molecular weight excluding hydrogens is 424 g/mol. The fraction of sp³-hybridized carbons (Fsp3) is 0.458. The minimum atomic E-state index is -3.50. The van der Waals surface area contributed by atoms with Crippen molar-refractivity contribution in [3.05, 3.63) is 59.2 Å². The van der Waals surface area contributed by atoms with E-state index in [2.05, 4.69) is 10.6 Å². The summed E-state index contributed by atoms with van der Waals surface area (Å²) in [5.74, 6) is 1.77. The SMILES string of the molecule is COc1ccc(CNC2=NCCNC23CCN(S(=O)(=O)c2ccc(C)c(C)c2)CC3)cc1. The molecule has 0 radical (unpaired) electrons. The number of hydrogen-bond donors (Lipinski definition) is 2. The first-order valence-electron chi connectivity index (χ1n) is 11.1. The van der Waals surface area contributed by atoms with Gasteiger partial charge in [-0.05, 0) is 67.6 Å². The van der Waals surface area contributed by atoms with E-state index in [1.807, 2.05) is 44.2 Å². The van der Waals surface area contributed by atoms with Gasteiger partial charge >= 0.3 is 0 Å². The quantitative estimate of drug-likeness (QED) is 0.723. The van der Waals surface area contributed by atoms with Crippen molar-refractivity contribution in [1.29, 1.82) is 0 Å². The largest absolute Gasteiger partial charge is 0.497 e. The topological polar surface area (TPSA) is 83.0 Å². The lowest BCUT2D eigenvalue weighted by Crippen LogP contribution is -2.64. The van der Waals surface area contributed by atoms with E-state index >= 15 is 0 Å². The maximum Gasteiger partial charge on any atom is 0.243 e. The maximum absolute atomic E-state index is 13.2. The van der Waals surface area contributed by atoms with E-state index < -0.39 is 10.0 Å². The molecule has 0 unspecified atom stereocenters. The second-order valence-corrected chi connectivity index (χ2v) is 10.5. The van der Waals surface area contributed by atoms with Crippen LogP contribution in [0.5, 0.6) is 5.75 Å². The van der Waals surface area contributed by atoms with Gasteiger partial charge in [0.25, 0.3) is 0 Å². The van der Waals surface area contributed by atoms with Crippen molar-refractivity contribution >= 4 is 15.9 Å². The maximum atomic E-state index is 13.2. The molecule has 2 aliphatic rings. The summed E-state index contributed by atoms with van der Waals surface area (Å²) >= 11 is 0. The van der Waals surface area contributed by atoms with Crippen molar-refractivity contribution < 1.29 is 13.2 Å². The summed E-state index contributed by atoms with van der Waals surface area (Å²) in [6.07, 6.45) is 1.37. The third-order valence-corrected chi connectivity index (χ3v) is 8.50. The Morgan fingerprint density at radius 1 is 1.09 bits per heavy atom. The molecule has 0 atom stereocenters. The van der Waals surface area contributed by atoms with Crippen molar-refractivity contribution in [2.45, 2.75) is 43.7 Å². The molecule has 2 aromatic rings. The smallest absolute Gasteiger partial charge is 0.243 e. The highest BCUT2D eigenvalue weighted by molar-refractivity contribution is 7.89. The first-order chi connectivity index (χ1) is 15.3. The van der Waals surface area contributed by atoms with Crippen LogP contribution in [-0.2, 0) is 16.6 Å². The number of hydrogen-bond acceptors (Lipinski definition) is 6. The van der Waals surface area contributed by atoms with Crippen molar-refractivity contribution in [2.24, 2.45) is 4.99 Å². The highest BCUT2D eigenvalue weighted by Crippen LogP contribution is 2.29. The lowest BCUT2D eigenvalue weighted by atomic mass is 9.85. The van der Waals surface area contributed by atoms with Crippen molar-refractivity contribution in [2.75, 3.05) is 33.3 Å². The third-order valence-electron chi connectivity index (χ3n) is 6.61. The normalized spacial score (nSPS) is 18.9. The van der Waals surface area contributed by atoms with Crippen LogP contribution in [0.2, 0.25) is 0 Å². The predicted molar refractivity (Wildman–Crippen MR) is 127 cm³/mol. The molecule has 2 N–H and O–H groups in total.